The zero-order valence-electron chi connectivity index (χ0n) is 21.2. The standard InChI is InChI=1S/C18H22INO3/c1-21-16-7-5-4-6-14(16)12-20-9-8-13-10-18(23-3)15(19)11-17(13)22-2/h4-7,10-11,20H,8-9,12H2,1-3H3/i1D3,2D3,3D3. The van der Waals surface area contributed by atoms with Gasteiger partial charge in [0, 0.05) is 12.1 Å². The van der Waals surface area contributed by atoms with Crippen molar-refractivity contribution in [1.29, 1.82) is 0 Å². The van der Waals surface area contributed by atoms with Gasteiger partial charge in [-0.3, -0.25) is 0 Å². The Morgan fingerprint density at radius 3 is 2.52 bits per heavy atom. The van der Waals surface area contributed by atoms with E-state index in [0.717, 1.165) is 0 Å². The smallest absolute Gasteiger partial charge is 0.132 e. The molecule has 0 aliphatic heterocycles. The Morgan fingerprint density at radius 1 is 0.957 bits per heavy atom. The average molecular weight is 436 g/mol. The predicted molar refractivity (Wildman–Crippen MR) is 101 cm³/mol. The molecule has 0 spiro atoms. The van der Waals surface area contributed by atoms with Crippen LogP contribution in [0.15, 0.2) is 36.4 Å². The Kier molecular flexibility index (Phi) is 3.56. The Bertz CT molecular complexity index is 914. The largest absolute Gasteiger partial charge is 0.496 e. The van der Waals surface area contributed by atoms with E-state index in [1.54, 1.807) is 24.3 Å². The molecule has 0 aliphatic rings. The number of benzene rings is 2. The Hall–Kier alpha value is -1.47. The Morgan fingerprint density at radius 2 is 1.70 bits per heavy atom. The highest BCUT2D eigenvalue weighted by molar-refractivity contribution is 14.1. The van der Waals surface area contributed by atoms with Crippen LogP contribution in [0.25, 0.3) is 0 Å². The van der Waals surface area contributed by atoms with Gasteiger partial charge in [0.1, 0.15) is 17.2 Å². The SMILES string of the molecule is [2H]C([2H])([2H])Oc1cc(CCNCc2ccccc2OC([2H])([2H])[2H])c(OC([2H])([2H])[2H])cc1I. The lowest BCUT2D eigenvalue weighted by atomic mass is 10.1. The van der Waals surface area contributed by atoms with E-state index in [4.69, 9.17) is 26.5 Å². The monoisotopic (exact) mass is 436 g/mol. The summed E-state index contributed by atoms with van der Waals surface area (Å²) in [5.41, 5.74) is 1.08. The van der Waals surface area contributed by atoms with Crippen LogP contribution in [0.2, 0.25) is 0 Å². The molecule has 0 saturated carbocycles. The minimum Gasteiger partial charge on any atom is -0.496 e. The number of hydrogen-bond acceptors (Lipinski definition) is 4. The number of para-hydroxylation sites is 1. The quantitative estimate of drug-likeness (QED) is 0.507. The first-order chi connectivity index (χ1) is 14.6. The number of rotatable bonds is 8. The molecule has 0 atom stereocenters. The van der Waals surface area contributed by atoms with Gasteiger partial charge < -0.3 is 19.5 Å². The van der Waals surface area contributed by atoms with Crippen LogP contribution in [0.5, 0.6) is 17.2 Å². The van der Waals surface area contributed by atoms with Crippen molar-refractivity contribution in [2.75, 3.05) is 27.7 Å². The molecule has 4 nitrogen and oxygen atoms in total. The first-order valence-electron chi connectivity index (χ1n) is 11.3. The third kappa shape index (κ3) is 4.75. The fourth-order valence-electron chi connectivity index (χ4n) is 2.14. The first kappa shape index (κ1) is 9.13. The van der Waals surface area contributed by atoms with Crippen molar-refractivity contribution in [2.24, 2.45) is 0 Å². The second-order valence-electron chi connectivity index (χ2n) is 4.73. The van der Waals surface area contributed by atoms with Crippen LogP contribution >= 0.6 is 22.6 Å². The molecule has 2 aromatic rings. The number of nitrogens with one attached hydrogen (secondary N) is 1. The molecule has 0 bridgehead atoms. The molecule has 0 unspecified atom stereocenters. The molecule has 1 N–H and O–H groups in total. The van der Waals surface area contributed by atoms with Gasteiger partial charge >= 0.3 is 0 Å². The molecule has 2 rings (SSSR count). The lowest BCUT2D eigenvalue weighted by Gasteiger charge is -2.13. The summed E-state index contributed by atoms with van der Waals surface area (Å²) in [4.78, 5) is 0. The normalized spacial score (nSPS) is 17.9. The van der Waals surface area contributed by atoms with Gasteiger partial charge in [0.05, 0.1) is 37.0 Å². The van der Waals surface area contributed by atoms with Crippen molar-refractivity contribution < 1.29 is 26.5 Å². The summed E-state index contributed by atoms with van der Waals surface area (Å²) in [6.45, 7) is 0.651. The minimum absolute atomic E-state index is 0.0925. The van der Waals surface area contributed by atoms with E-state index in [2.05, 4.69) is 5.32 Å². The molecular formula is C18H22INO3. The number of methoxy groups -OCH3 is 3. The summed E-state index contributed by atoms with van der Waals surface area (Å²) in [6, 6.07) is 9.57. The highest BCUT2D eigenvalue weighted by Crippen LogP contribution is 2.30. The van der Waals surface area contributed by atoms with Crippen LogP contribution in [-0.4, -0.2) is 27.7 Å². The second kappa shape index (κ2) is 8.98. The summed E-state index contributed by atoms with van der Waals surface area (Å²) >= 11 is 1.85. The summed E-state index contributed by atoms with van der Waals surface area (Å²) in [6.07, 6.45) is 0.294. The third-order valence-electron chi connectivity index (χ3n) is 3.30. The van der Waals surface area contributed by atoms with E-state index in [1.807, 2.05) is 22.6 Å². The van der Waals surface area contributed by atoms with E-state index in [-0.39, 0.29) is 17.2 Å². The molecule has 5 heteroatoms. The highest BCUT2D eigenvalue weighted by Gasteiger charge is 2.09. The fraction of sp³-hybridized carbons (Fsp3) is 0.333. The Balaban J connectivity index is 2.13. The van der Waals surface area contributed by atoms with Crippen LogP contribution in [0.4, 0.5) is 0 Å². The summed E-state index contributed by atoms with van der Waals surface area (Å²) in [5, 5.41) is 3.14. The summed E-state index contributed by atoms with van der Waals surface area (Å²) < 4.78 is 81.3. The van der Waals surface area contributed by atoms with Crippen molar-refractivity contribution in [3.63, 3.8) is 0 Å². The molecule has 0 aromatic heterocycles. The minimum atomic E-state index is -2.68. The van der Waals surface area contributed by atoms with Crippen LogP contribution in [0.1, 0.15) is 23.5 Å². The first-order valence-corrected chi connectivity index (χ1v) is 7.89. The molecular weight excluding hydrogens is 405 g/mol. The van der Waals surface area contributed by atoms with Crippen molar-refractivity contribution >= 4 is 22.6 Å². The average Bonchev–Trinajstić information content (AvgIpc) is 2.59. The summed E-state index contributed by atoms with van der Waals surface area (Å²) in [7, 11) is -7.91. The van der Waals surface area contributed by atoms with Crippen molar-refractivity contribution in [2.45, 2.75) is 13.0 Å². The molecule has 0 radical (unpaired) electrons. The zero-order valence-corrected chi connectivity index (χ0v) is 14.3. The van der Waals surface area contributed by atoms with Crippen molar-refractivity contribution in [3.8, 4) is 17.2 Å². The maximum atomic E-state index is 7.37. The fourth-order valence-corrected chi connectivity index (χ4v) is 2.69. The molecule has 23 heavy (non-hydrogen) atoms. The van der Waals surface area contributed by atoms with Crippen molar-refractivity contribution in [3.05, 3.63) is 51.1 Å². The van der Waals surface area contributed by atoms with E-state index >= 15 is 0 Å². The van der Waals surface area contributed by atoms with Crippen LogP contribution in [0.3, 0.4) is 0 Å². The molecule has 0 amide bonds. The molecule has 2 aromatic carbocycles. The van der Waals surface area contributed by atoms with Gasteiger partial charge in [-0.2, -0.15) is 0 Å². The Labute approximate surface area is 163 Å². The van der Waals surface area contributed by atoms with Gasteiger partial charge in [0.15, 0.2) is 0 Å². The van der Waals surface area contributed by atoms with Crippen molar-refractivity contribution in [1.82, 2.24) is 5.32 Å². The van der Waals surface area contributed by atoms with Gasteiger partial charge in [-0.25, -0.2) is 0 Å². The molecule has 0 saturated heterocycles. The predicted octanol–water partition coefficient (Wildman–Crippen LogP) is 3.65. The molecule has 124 valence electrons. The van der Waals surface area contributed by atoms with Gasteiger partial charge in [0.2, 0.25) is 0 Å². The third-order valence-corrected chi connectivity index (χ3v) is 4.15. The maximum absolute atomic E-state index is 7.37. The van der Waals surface area contributed by atoms with E-state index in [0.29, 0.717) is 34.2 Å². The second-order valence-corrected chi connectivity index (χ2v) is 5.89. The van der Waals surface area contributed by atoms with E-state index in [9.17, 15) is 0 Å². The van der Waals surface area contributed by atoms with Crippen LogP contribution in [-0.2, 0) is 13.0 Å². The lowest BCUT2D eigenvalue weighted by Crippen LogP contribution is -2.17. The van der Waals surface area contributed by atoms with Gasteiger partial charge in [-0.1, -0.05) is 18.2 Å². The number of hydrogen-bond donors (Lipinski definition) is 1. The summed E-state index contributed by atoms with van der Waals surface area (Å²) in [5.74, 6) is 0.421. The van der Waals surface area contributed by atoms with E-state index < -0.39 is 21.1 Å². The lowest BCUT2D eigenvalue weighted by molar-refractivity contribution is 0.395. The van der Waals surface area contributed by atoms with Crippen LogP contribution < -0.4 is 19.5 Å². The highest BCUT2D eigenvalue weighted by atomic mass is 127. The van der Waals surface area contributed by atoms with Gasteiger partial charge in [-0.15, -0.1) is 0 Å². The molecule has 0 fully saturated rings. The van der Waals surface area contributed by atoms with Gasteiger partial charge in [-0.05, 0) is 59.3 Å². The number of ether oxygens (including phenoxy) is 3. The van der Waals surface area contributed by atoms with E-state index in [1.165, 1.54) is 12.1 Å². The topological polar surface area (TPSA) is 39.7 Å². The molecule has 0 heterocycles. The number of halogens is 1. The van der Waals surface area contributed by atoms with Gasteiger partial charge in [0.25, 0.3) is 0 Å². The van der Waals surface area contributed by atoms with Crippen LogP contribution in [0, 0.1) is 3.57 Å². The maximum Gasteiger partial charge on any atom is 0.132 e. The zero-order chi connectivity index (χ0) is 24.2. The molecule has 0 aliphatic carbocycles.